The molecule has 15 rings (SSSR count). The summed E-state index contributed by atoms with van der Waals surface area (Å²) in [6.07, 6.45) is 7.22. The van der Waals surface area contributed by atoms with Crippen LogP contribution in [0, 0.1) is 0 Å². The summed E-state index contributed by atoms with van der Waals surface area (Å²) in [5, 5.41) is 5.21. The Hall–Kier alpha value is -7.68. The lowest BCUT2D eigenvalue weighted by atomic mass is 9.66. The van der Waals surface area contributed by atoms with Crippen LogP contribution in [0.5, 0.6) is 0 Å². The van der Waals surface area contributed by atoms with E-state index in [1.165, 1.54) is 150 Å². The van der Waals surface area contributed by atoms with Gasteiger partial charge in [-0.05, 0) is 189 Å². The van der Waals surface area contributed by atoms with Crippen LogP contribution in [-0.4, -0.2) is 11.1 Å². The quantitative estimate of drug-likeness (QED) is 0.153. The highest BCUT2D eigenvalue weighted by Gasteiger charge is 2.61. The minimum absolute atomic E-state index is 0.00623. The Morgan fingerprint density at radius 3 is 1.29 bits per heavy atom. The van der Waals surface area contributed by atoms with Crippen LogP contribution in [0.2, 0.25) is 0 Å². The first kappa shape index (κ1) is 43.0. The molecule has 3 aliphatic carbocycles. The minimum Gasteiger partial charge on any atom is -0.334 e. The number of benzene rings is 10. The summed E-state index contributed by atoms with van der Waals surface area (Å²) in [7, 11) is 0. The molecule has 2 heteroatoms. The van der Waals surface area contributed by atoms with Gasteiger partial charge >= 0.3 is 0 Å². The highest BCUT2D eigenvalue weighted by Crippen LogP contribution is 2.65. The zero-order valence-corrected chi connectivity index (χ0v) is 42.4. The van der Waals surface area contributed by atoms with Gasteiger partial charge in [0.2, 0.25) is 0 Å². The first-order chi connectivity index (χ1) is 35.7. The molecule has 2 saturated carbocycles. The smallest absolute Gasteiger partial charge is 0.0720 e. The molecule has 0 saturated heterocycles. The molecule has 0 bridgehead atoms. The van der Waals surface area contributed by atoms with Crippen molar-refractivity contribution in [2.75, 3.05) is 9.80 Å². The van der Waals surface area contributed by atoms with E-state index in [1.807, 2.05) is 0 Å². The summed E-state index contributed by atoms with van der Waals surface area (Å²) in [5.41, 5.74) is 20.8. The van der Waals surface area contributed by atoms with Crippen LogP contribution in [0.4, 0.5) is 22.7 Å². The lowest BCUT2D eigenvalue weighted by Gasteiger charge is -2.42. The van der Waals surface area contributed by atoms with Crippen LogP contribution in [-0.2, 0) is 16.2 Å². The predicted molar refractivity (Wildman–Crippen MR) is 306 cm³/mol. The van der Waals surface area contributed by atoms with Crippen molar-refractivity contribution in [2.24, 2.45) is 0 Å². The van der Waals surface area contributed by atoms with E-state index in [0.717, 1.165) is 0 Å². The number of para-hydroxylation sites is 2. The van der Waals surface area contributed by atoms with Gasteiger partial charge in [-0.2, -0.15) is 0 Å². The van der Waals surface area contributed by atoms with Crippen molar-refractivity contribution >= 4 is 44.3 Å². The lowest BCUT2D eigenvalue weighted by molar-refractivity contribution is 0.330. The molecule has 0 amide bonds. The van der Waals surface area contributed by atoms with Crippen LogP contribution >= 0.6 is 0 Å². The summed E-state index contributed by atoms with van der Waals surface area (Å²) in [6, 6.07) is 83.9. The second-order valence-electron chi connectivity index (χ2n) is 23.0. The second-order valence-corrected chi connectivity index (χ2v) is 23.0. The van der Waals surface area contributed by atoms with Crippen molar-refractivity contribution in [1.82, 2.24) is 0 Å². The zero-order valence-electron chi connectivity index (χ0n) is 42.4. The van der Waals surface area contributed by atoms with Crippen LogP contribution in [0.3, 0.4) is 0 Å². The van der Waals surface area contributed by atoms with Crippen molar-refractivity contribution in [3.05, 3.63) is 252 Å². The summed E-state index contributed by atoms with van der Waals surface area (Å²) in [6.45, 7) is 10.1. The molecular formula is C71H60N2. The van der Waals surface area contributed by atoms with E-state index < -0.39 is 5.41 Å². The lowest BCUT2D eigenvalue weighted by Crippen LogP contribution is -2.48. The fraction of sp³-hybridized carbons (Fsp3) is 0.211. The highest BCUT2D eigenvalue weighted by atomic mass is 15.3. The number of fused-ring (bicyclic) bond motifs is 14. The molecule has 4 atom stereocenters. The molecule has 0 aromatic heterocycles. The molecule has 2 aliphatic heterocycles. The molecule has 2 fully saturated rings. The molecule has 0 N–H and O–H groups in total. The first-order valence-corrected chi connectivity index (χ1v) is 26.9. The zero-order chi connectivity index (χ0) is 48.9. The van der Waals surface area contributed by atoms with E-state index in [-0.39, 0.29) is 21.9 Å². The van der Waals surface area contributed by atoms with Crippen molar-refractivity contribution in [1.29, 1.82) is 0 Å². The molecule has 0 radical (unpaired) electrons. The van der Waals surface area contributed by atoms with Crippen molar-refractivity contribution in [3.8, 4) is 33.4 Å². The monoisotopic (exact) mass is 940 g/mol. The Bertz CT molecular complexity index is 3840. The summed E-state index contributed by atoms with van der Waals surface area (Å²) in [5.74, 6) is 0. The maximum atomic E-state index is 2.67. The van der Waals surface area contributed by atoms with Crippen LogP contribution < -0.4 is 9.80 Å². The summed E-state index contributed by atoms with van der Waals surface area (Å²) in [4.78, 5) is 5.34. The van der Waals surface area contributed by atoms with E-state index in [2.05, 4.69) is 256 Å². The normalized spacial score (nSPS) is 23.8. The van der Waals surface area contributed by atoms with Gasteiger partial charge in [0.15, 0.2) is 0 Å². The topological polar surface area (TPSA) is 6.48 Å². The van der Waals surface area contributed by atoms with Gasteiger partial charge in [0, 0.05) is 33.6 Å². The fourth-order valence-electron chi connectivity index (χ4n) is 16.0. The van der Waals surface area contributed by atoms with Crippen LogP contribution in [0.25, 0.3) is 54.9 Å². The van der Waals surface area contributed by atoms with Gasteiger partial charge < -0.3 is 9.80 Å². The molecule has 0 spiro atoms. The maximum Gasteiger partial charge on any atom is 0.0720 e. The van der Waals surface area contributed by atoms with Gasteiger partial charge in [-0.25, -0.2) is 0 Å². The number of anilines is 4. The third kappa shape index (κ3) is 5.49. The van der Waals surface area contributed by atoms with E-state index in [0.29, 0.717) is 0 Å². The van der Waals surface area contributed by atoms with Gasteiger partial charge in [0.1, 0.15) is 0 Å². The first-order valence-electron chi connectivity index (χ1n) is 26.9. The molecule has 73 heavy (non-hydrogen) atoms. The Labute approximate surface area is 430 Å². The average molecular weight is 941 g/mol. The molecule has 2 heterocycles. The Balaban J connectivity index is 0.949. The van der Waals surface area contributed by atoms with Gasteiger partial charge in [0.25, 0.3) is 0 Å². The Kier molecular flexibility index (Phi) is 8.93. The third-order valence-corrected chi connectivity index (χ3v) is 19.9. The third-order valence-electron chi connectivity index (χ3n) is 19.9. The summed E-state index contributed by atoms with van der Waals surface area (Å²) < 4.78 is 0. The predicted octanol–water partition coefficient (Wildman–Crippen LogP) is 18.4. The Morgan fingerprint density at radius 2 is 0.767 bits per heavy atom. The molecular weight excluding hydrogens is 881 g/mol. The maximum absolute atomic E-state index is 2.67. The van der Waals surface area contributed by atoms with Crippen molar-refractivity contribution in [3.63, 3.8) is 0 Å². The average Bonchev–Trinajstić information content (AvgIpc) is 4.15. The largest absolute Gasteiger partial charge is 0.334 e. The van der Waals surface area contributed by atoms with Gasteiger partial charge in [-0.1, -0.05) is 184 Å². The van der Waals surface area contributed by atoms with Crippen LogP contribution in [0.15, 0.2) is 218 Å². The fourth-order valence-corrected chi connectivity index (χ4v) is 16.0. The number of rotatable bonds is 6. The van der Waals surface area contributed by atoms with Crippen LogP contribution in [0.1, 0.15) is 99.6 Å². The SMILES string of the molecule is CC12CCCC1(C)N(c1ccccc1)c1ccc(-c3ccc4c(c3)C(c3ccccc3)(c3ccccc3)c3c-4c4ccccc4c4cc(-c5ccc6c(c5)C5(C)CCCC5(C)N6c5ccccc5)ccc34)cc12. The van der Waals surface area contributed by atoms with Gasteiger partial charge in [-0.3, -0.25) is 0 Å². The highest BCUT2D eigenvalue weighted by molar-refractivity contribution is 6.20. The molecule has 4 unspecified atom stereocenters. The van der Waals surface area contributed by atoms with E-state index in [4.69, 9.17) is 0 Å². The van der Waals surface area contributed by atoms with Crippen molar-refractivity contribution < 1.29 is 0 Å². The minimum atomic E-state index is -0.597. The molecule has 2 nitrogen and oxygen atoms in total. The van der Waals surface area contributed by atoms with E-state index >= 15 is 0 Å². The second kappa shape index (κ2) is 15.2. The molecule has 354 valence electrons. The number of hydrogen-bond donors (Lipinski definition) is 0. The standard InChI is InChI=1S/C71H60N2/c1-67-39-19-41-69(67,3)72(53-25-13-7-14-26-53)63-37-33-49(45-61(63)67)47-31-35-57-59(43-47)55-29-17-18-30-56(55)65-58-36-32-48(44-60(58)71(66(57)65,51-21-9-5-10-22-51)52-23-11-6-12-24-52)50-34-38-64-62(46-50)68(2)40-20-42-70(68,4)73(64)54-27-15-8-16-28-54/h5-18,21-38,43-46H,19-20,39-42H2,1-4H3. The molecule has 10 aromatic carbocycles. The van der Waals surface area contributed by atoms with E-state index in [9.17, 15) is 0 Å². The van der Waals surface area contributed by atoms with Crippen molar-refractivity contribution in [2.45, 2.75) is 93.5 Å². The number of hydrogen-bond acceptors (Lipinski definition) is 2. The Morgan fingerprint density at radius 1 is 0.342 bits per heavy atom. The number of nitrogens with zero attached hydrogens (tertiary/aromatic N) is 2. The summed E-state index contributed by atoms with van der Waals surface area (Å²) >= 11 is 0. The molecule has 10 aromatic rings. The van der Waals surface area contributed by atoms with Gasteiger partial charge in [0.05, 0.1) is 16.5 Å². The van der Waals surface area contributed by atoms with E-state index in [1.54, 1.807) is 0 Å². The van der Waals surface area contributed by atoms with Gasteiger partial charge in [-0.15, -0.1) is 0 Å². The molecule has 5 aliphatic rings.